The van der Waals surface area contributed by atoms with Crippen LogP contribution in [0.1, 0.15) is 21.9 Å². The summed E-state index contributed by atoms with van der Waals surface area (Å²) in [6, 6.07) is 8.52. The number of rotatable bonds is 3. The van der Waals surface area contributed by atoms with Crippen molar-refractivity contribution in [3.63, 3.8) is 0 Å². The predicted octanol–water partition coefficient (Wildman–Crippen LogP) is 2.08. The van der Waals surface area contributed by atoms with Gasteiger partial charge in [0.15, 0.2) is 0 Å². The first-order valence-corrected chi connectivity index (χ1v) is 5.75. The maximum atomic E-state index is 10.9. The van der Waals surface area contributed by atoms with E-state index in [2.05, 4.69) is 10.3 Å². The molecule has 1 N–H and O–H groups in total. The molecular weight excluding hydrogens is 246 g/mol. The molecule has 0 radical (unpaired) electrons. The molecule has 19 heavy (non-hydrogen) atoms. The standard InChI is InChI=1S/C13H11N3O3/c1-8-2-4-10(19-8)7-16-12-5-3-9(13(17)18)6-11(12)14-15-16/h2-6H,7H2,1H3,(H,17,18). The highest BCUT2D eigenvalue weighted by Crippen LogP contribution is 2.16. The van der Waals surface area contributed by atoms with E-state index in [9.17, 15) is 4.79 Å². The van der Waals surface area contributed by atoms with Gasteiger partial charge in [-0.1, -0.05) is 5.21 Å². The van der Waals surface area contributed by atoms with Gasteiger partial charge in [-0.15, -0.1) is 5.10 Å². The third kappa shape index (κ3) is 2.08. The van der Waals surface area contributed by atoms with Crippen molar-refractivity contribution >= 4 is 17.0 Å². The smallest absolute Gasteiger partial charge is 0.335 e. The van der Waals surface area contributed by atoms with Gasteiger partial charge in [-0.2, -0.15) is 0 Å². The molecule has 6 heteroatoms. The number of benzene rings is 1. The molecular formula is C13H11N3O3. The predicted molar refractivity (Wildman–Crippen MR) is 67.0 cm³/mol. The molecule has 0 fully saturated rings. The Morgan fingerprint density at radius 1 is 1.37 bits per heavy atom. The SMILES string of the molecule is Cc1ccc(Cn2nnc3cc(C(=O)O)ccc32)o1. The van der Waals surface area contributed by atoms with Crippen molar-refractivity contribution in [2.24, 2.45) is 0 Å². The lowest BCUT2D eigenvalue weighted by atomic mass is 10.2. The number of hydrogen-bond donors (Lipinski definition) is 1. The molecule has 0 saturated heterocycles. The van der Waals surface area contributed by atoms with Gasteiger partial charge in [0.2, 0.25) is 0 Å². The quantitative estimate of drug-likeness (QED) is 0.776. The average Bonchev–Trinajstić information content (AvgIpc) is 2.96. The van der Waals surface area contributed by atoms with Gasteiger partial charge in [0, 0.05) is 0 Å². The lowest BCUT2D eigenvalue weighted by molar-refractivity contribution is 0.0697. The molecule has 0 amide bonds. The number of nitrogens with zero attached hydrogens (tertiary/aromatic N) is 3. The van der Waals surface area contributed by atoms with Gasteiger partial charge < -0.3 is 9.52 Å². The van der Waals surface area contributed by atoms with E-state index < -0.39 is 5.97 Å². The Hall–Kier alpha value is -2.63. The van der Waals surface area contributed by atoms with Crippen molar-refractivity contribution in [3.05, 3.63) is 47.4 Å². The van der Waals surface area contributed by atoms with Crippen LogP contribution in [0, 0.1) is 6.92 Å². The van der Waals surface area contributed by atoms with Crippen molar-refractivity contribution < 1.29 is 14.3 Å². The third-order valence-electron chi connectivity index (χ3n) is 2.86. The second-order valence-electron chi connectivity index (χ2n) is 4.27. The van der Waals surface area contributed by atoms with Crippen LogP contribution in [0.2, 0.25) is 0 Å². The summed E-state index contributed by atoms with van der Waals surface area (Å²) in [6.45, 7) is 2.35. The molecule has 0 bridgehead atoms. The number of aromatic carboxylic acids is 1. The molecule has 0 aliphatic rings. The molecule has 0 aliphatic carbocycles. The fraction of sp³-hybridized carbons (Fsp3) is 0.154. The maximum absolute atomic E-state index is 10.9. The number of aromatic nitrogens is 3. The highest BCUT2D eigenvalue weighted by Gasteiger charge is 2.10. The molecule has 0 saturated carbocycles. The largest absolute Gasteiger partial charge is 0.478 e. The molecule has 1 aromatic carbocycles. The molecule has 3 rings (SSSR count). The van der Waals surface area contributed by atoms with Crippen LogP contribution in [-0.2, 0) is 6.54 Å². The molecule has 96 valence electrons. The molecule has 2 aromatic heterocycles. The van der Waals surface area contributed by atoms with Crippen molar-refractivity contribution in [2.45, 2.75) is 13.5 Å². The number of furan rings is 1. The fourth-order valence-corrected chi connectivity index (χ4v) is 1.94. The van der Waals surface area contributed by atoms with Crippen LogP contribution in [0.15, 0.2) is 34.7 Å². The van der Waals surface area contributed by atoms with E-state index in [0.29, 0.717) is 12.1 Å². The Morgan fingerprint density at radius 2 is 2.21 bits per heavy atom. The van der Waals surface area contributed by atoms with Gasteiger partial charge in [0.05, 0.1) is 11.1 Å². The van der Waals surface area contributed by atoms with Crippen LogP contribution >= 0.6 is 0 Å². The first kappa shape index (κ1) is 11.5. The first-order valence-electron chi connectivity index (χ1n) is 5.75. The van der Waals surface area contributed by atoms with Crippen LogP contribution < -0.4 is 0 Å². The van der Waals surface area contributed by atoms with Crippen LogP contribution in [0.5, 0.6) is 0 Å². The maximum Gasteiger partial charge on any atom is 0.335 e. The van der Waals surface area contributed by atoms with E-state index in [1.807, 2.05) is 19.1 Å². The topological polar surface area (TPSA) is 81.2 Å². The van der Waals surface area contributed by atoms with Gasteiger partial charge in [0.25, 0.3) is 0 Å². The number of carboxylic acid groups (broad SMARTS) is 1. The average molecular weight is 257 g/mol. The lowest BCUT2D eigenvalue weighted by Crippen LogP contribution is -2.01. The van der Waals surface area contributed by atoms with Gasteiger partial charge in [-0.05, 0) is 37.3 Å². The van der Waals surface area contributed by atoms with Gasteiger partial charge in [-0.3, -0.25) is 0 Å². The summed E-state index contributed by atoms with van der Waals surface area (Å²) in [7, 11) is 0. The molecule has 3 aromatic rings. The minimum atomic E-state index is -0.974. The zero-order chi connectivity index (χ0) is 13.4. The van der Waals surface area contributed by atoms with Crippen molar-refractivity contribution in [3.8, 4) is 0 Å². The summed E-state index contributed by atoms with van der Waals surface area (Å²) < 4.78 is 7.16. The minimum Gasteiger partial charge on any atom is -0.478 e. The molecule has 0 aliphatic heterocycles. The van der Waals surface area contributed by atoms with Crippen LogP contribution in [0.4, 0.5) is 0 Å². The number of aryl methyl sites for hydroxylation is 1. The van der Waals surface area contributed by atoms with E-state index in [-0.39, 0.29) is 5.56 Å². The second kappa shape index (κ2) is 4.24. The van der Waals surface area contributed by atoms with Crippen molar-refractivity contribution in [2.75, 3.05) is 0 Å². The molecule has 0 unspecified atom stereocenters. The minimum absolute atomic E-state index is 0.202. The summed E-state index contributed by atoms with van der Waals surface area (Å²) in [5, 5.41) is 16.9. The van der Waals surface area contributed by atoms with Crippen molar-refractivity contribution in [1.29, 1.82) is 0 Å². The monoisotopic (exact) mass is 257 g/mol. The summed E-state index contributed by atoms with van der Waals surface area (Å²) >= 11 is 0. The van der Waals surface area contributed by atoms with Crippen LogP contribution in [0.25, 0.3) is 11.0 Å². The summed E-state index contributed by atoms with van der Waals surface area (Å²) in [5.41, 5.74) is 1.54. The Morgan fingerprint density at radius 3 is 2.89 bits per heavy atom. The zero-order valence-corrected chi connectivity index (χ0v) is 10.2. The Bertz CT molecular complexity index is 757. The number of carbonyl (C=O) groups is 1. The Kier molecular flexibility index (Phi) is 2.56. The second-order valence-corrected chi connectivity index (χ2v) is 4.27. The Labute approximate surface area is 108 Å². The summed E-state index contributed by atoms with van der Waals surface area (Å²) in [6.07, 6.45) is 0. The highest BCUT2D eigenvalue weighted by molar-refractivity contribution is 5.92. The zero-order valence-electron chi connectivity index (χ0n) is 10.2. The molecule has 0 spiro atoms. The lowest BCUT2D eigenvalue weighted by Gasteiger charge is -1.99. The van der Waals surface area contributed by atoms with E-state index in [1.165, 1.54) is 12.1 Å². The van der Waals surface area contributed by atoms with Gasteiger partial charge in [-0.25, -0.2) is 9.48 Å². The van der Waals surface area contributed by atoms with Gasteiger partial charge >= 0.3 is 5.97 Å². The fourth-order valence-electron chi connectivity index (χ4n) is 1.94. The summed E-state index contributed by atoms with van der Waals surface area (Å²) in [4.78, 5) is 10.9. The van der Waals surface area contributed by atoms with E-state index >= 15 is 0 Å². The van der Waals surface area contributed by atoms with Crippen LogP contribution in [0.3, 0.4) is 0 Å². The van der Waals surface area contributed by atoms with Gasteiger partial charge in [0.1, 0.15) is 23.6 Å². The normalized spacial score (nSPS) is 11.0. The van der Waals surface area contributed by atoms with E-state index in [0.717, 1.165) is 17.0 Å². The molecule has 6 nitrogen and oxygen atoms in total. The summed E-state index contributed by atoms with van der Waals surface area (Å²) in [5.74, 6) is 0.650. The highest BCUT2D eigenvalue weighted by atomic mass is 16.4. The number of carboxylic acids is 1. The van der Waals surface area contributed by atoms with Crippen molar-refractivity contribution in [1.82, 2.24) is 15.0 Å². The van der Waals surface area contributed by atoms with Crippen LogP contribution in [-0.4, -0.2) is 26.1 Å². The Balaban J connectivity index is 1.99. The third-order valence-corrected chi connectivity index (χ3v) is 2.86. The first-order chi connectivity index (χ1) is 9.13. The number of fused-ring (bicyclic) bond motifs is 1. The number of hydrogen-bond acceptors (Lipinski definition) is 4. The van der Waals surface area contributed by atoms with E-state index in [1.54, 1.807) is 10.7 Å². The molecule has 0 atom stereocenters. The molecule has 2 heterocycles. The van der Waals surface area contributed by atoms with E-state index in [4.69, 9.17) is 9.52 Å².